The van der Waals surface area contributed by atoms with Gasteiger partial charge in [-0.25, -0.2) is 0 Å². The number of aromatic nitrogens is 2. The van der Waals surface area contributed by atoms with Crippen LogP contribution >= 0.6 is 0 Å². The fourth-order valence-electron chi connectivity index (χ4n) is 3.41. The van der Waals surface area contributed by atoms with Gasteiger partial charge in [0.25, 0.3) is 0 Å². The molecule has 2 bridgehead atoms. The first-order valence-corrected chi connectivity index (χ1v) is 6.31. The molecule has 0 radical (unpaired) electrons. The van der Waals surface area contributed by atoms with E-state index in [1.807, 2.05) is 6.92 Å². The van der Waals surface area contributed by atoms with Crippen molar-refractivity contribution in [2.75, 3.05) is 6.54 Å². The van der Waals surface area contributed by atoms with Crippen LogP contribution in [0.5, 0.6) is 0 Å². The largest absolute Gasteiger partial charge is 0.340 e. The summed E-state index contributed by atoms with van der Waals surface area (Å²) in [6, 6.07) is 0. The summed E-state index contributed by atoms with van der Waals surface area (Å²) in [5.41, 5.74) is 0. The van der Waals surface area contributed by atoms with Crippen LogP contribution in [0.15, 0.2) is 4.52 Å². The predicted molar refractivity (Wildman–Crippen MR) is 59.7 cm³/mol. The average molecular weight is 221 g/mol. The highest BCUT2D eigenvalue weighted by Crippen LogP contribution is 2.47. The van der Waals surface area contributed by atoms with Crippen LogP contribution in [0.4, 0.5) is 0 Å². The van der Waals surface area contributed by atoms with Crippen LogP contribution < -0.4 is 5.32 Å². The van der Waals surface area contributed by atoms with Crippen LogP contribution in [0.3, 0.4) is 0 Å². The summed E-state index contributed by atoms with van der Waals surface area (Å²) in [6.45, 7) is 3.69. The fraction of sp³-hybridized carbons (Fsp3) is 0.833. The molecule has 2 aliphatic rings. The summed E-state index contributed by atoms with van der Waals surface area (Å²) < 4.78 is 4.94. The lowest BCUT2D eigenvalue weighted by Gasteiger charge is -2.21. The predicted octanol–water partition coefficient (Wildman–Crippen LogP) is 1.90. The maximum absolute atomic E-state index is 4.94. The molecule has 4 heteroatoms. The van der Waals surface area contributed by atoms with E-state index in [9.17, 15) is 0 Å². The van der Waals surface area contributed by atoms with Gasteiger partial charge in [0.05, 0.1) is 6.54 Å². The van der Waals surface area contributed by atoms with E-state index in [0.29, 0.717) is 5.89 Å². The Balaban J connectivity index is 1.44. The normalized spacial score (nSPS) is 32.4. The second kappa shape index (κ2) is 4.17. The summed E-state index contributed by atoms with van der Waals surface area (Å²) >= 11 is 0. The zero-order valence-electron chi connectivity index (χ0n) is 9.78. The van der Waals surface area contributed by atoms with Crippen molar-refractivity contribution in [3.63, 3.8) is 0 Å². The molecule has 3 rings (SSSR count). The average Bonchev–Trinajstić information content (AvgIpc) is 2.94. The van der Waals surface area contributed by atoms with Crippen molar-refractivity contribution < 1.29 is 4.52 Å². The molecule has 2 fully saturated rings. The Bertz CT molecular complexity index is 363. The lowest BCUT2D eigenvalue weighted by atomic mass is 9.89. The van der Waals surface area contributed by atoms with E-state index in [4.69, 9.17) is 4.52 Å². The van der Waals surface area contributed by atoms with E-state index >= 15 is 0 Å². The van der Waals surface area contributed by atoms with E-state index in [2.05, 4.69) is 15.5 Å². The first kappa shape index (κ1) is 10.3. The number of rotatable bonds is 4. The van der Waals surface area contributed by atoms with Crippen molar-refractivity contribution in [1.29, 1.82) is 0 Å². The number of aryl methyl sites for hydroxylation is 1. The third-order valence-corrected chi connectivity index (χ3v) is 4.14. The van der Waals surface area contributed by atoms with E-state index in [0.717, 1.165) is 36.7 Å². The van der Waals surface area contributed by atoms with Crippen LogP contribution in [0.25, 0.3) is 0 Å². The summed E-state index contributed by atoms with van der Waals surface area (Å²) in [5.74, 6) is 4.35. The second-order valence-corrected chi connectivity index (χ2v) is 5.30. The monoisotopic (exact) mass is 221 g/mol. The van der Waals surface area contributed by atoms with Gasteiger partial charge in [-0.3, -0.25) is 0 Å². The van der Waals surface area contributed by atoms with Gasteiger partial charge < -0.3 is 9.84 Å². The minimum atomic E-state index is 0.650. The third-order valence-electron chi connectivity index (χ3n) is 4.14. The SMILES string of the molecule is Cc1nc(CNCC2CC3CCC2C3)no1. The van der Waals surface area contributed by atoms with Gasteiger partial charge in [0.2, 0.25) is 5.89 Å². The highest BCUT2D eigenvalue weighted by molar-refractivity contribution is 4.91. The third kappa shape index (κ3) is 1.98. The van der Waals surface area contributed by atoms with Crippen molar-refractivity contribution in [3.8, 4) is 0 Å². The second-order valence-electron chi connectivity index (χ2n) is 5.30. The Morgan fingerprint density at radius 1 is 1.38 bits per heavy atom. The number of nitrogens with zero attached hydrogens (tertiary/aromatic N) is 2. The smallest absolute Gasteiger partial charge is 0.223 e. The fourth-order valence-corrected chi connectivity index (χ4v) is 3.41. The lowest BCUT2D eigenvalue weighted by molar-refractivity contribution is 0.316. The highest BCUT2D eigenvalue weighted by Gasteiger charge is 2.38. The molecule has 1 N–H and O–H groups in total. The summed E-state index contributed by atoms with van der Waals surface area (Å²) in [5, 5.41) is 7.34. The molecule has 1 aromatic heterocycles. The Hall–Kier alpha value is -0.900. The molecule has 1 heterocycles. The first-order valence-electron chi connectivity index (χ1n) is 6.31. The molecule has 2 saturated carbocycles. The minimum absolute atomic E-state index is 0.650. The first-order chi connectivity index (χ1) is 7.81. The molecule has 2 aliphatic carbocycles. The maximum Gasteiger partial charge on any atom is 0.223 e. The van der Waals surface area contributed by atoms with Gasteiger partial charge in [0.1, 0.15) is 0 Å². The van der Waals surface area contributed by atoms with Crippen molar-refractivity contribution >= 4 is 0 Å². The van der Waals surface area contributed by atoms with Gasteiger partial charge in [0, 0.05) is 6.92 Å². The molecule has 88 valence electrons. The topological polar surface area (TPSA) is 51.0 Å². The van der Waals surface area contributed by atoms with Crippen molar-refractivity contribution in [2.45, 2.75) is 39.2 Å². The number of hydrogen-bond acceptors (Lipinski definition) is 4. The zero-order chi connectivity index (χ0) is 11.0. The van der Waals surface area contributed by atoms with Gasteiger partial charge in [-0.1, -0.05) is 11.6 Å². The zero-order valence-corrected chi connectivity index (χ0v) is 9.78. The summed E-state index contributed by atoms with van der Waals surface area (Å²) in [6.07, 6.45) is 5.85. The number of hydrogen-bond donors (Lipinski definition) is 1. The van der Waals surface area contributed by atoms with Gasteiger partial charge in [-0.05, 0) is 43.6 Å². The molecule has 3 atom stereocenters. The Labute approximate surface area is 95.8 Å². The van der Waals surface area contributed by atoms with Crippen LogP contribution in [0, 0.1) is 24.7 Å². The minimum Gasteiger partial charge on any atom is -0.340 e. The molecule has 0 aromatic carbocycles. The maximum atomic E-state index is 4.94. The molecule has 0 amide bonds. The Kier molecular flexibility index (Phi) is 2.67. The van der Waals surface area contributed by atoms with Gasteiger partial charge in [-0.2, -0.15) is 4.98 Å². The van der Waals surface area contributed by atoms with Crippen molar-refractivity contribution in [1.82, 2.24) is 15.5 Å². The molecular formula is C12H19N3O. The molecule has 0 saturated heterocycles. The van der Waals surface area contributed by atoms with E-state index < -0.39 is 0 Å². The highest BCUT2D eigenvalue weighted by atomic mass is 16.5. The summed E-state index contributed by atoms with van der Waals surface area (Å²) in [4.78, 5) is 4.18. The van der Waals surface area contributed by atoms with Gasteiger partial charge in [0.15, 0.2) is 5.82 Å². The molecule has 16 heavy (non-hydrogen) atoms. The molecule has 0 spiro atoms. The number of fused-ring (bicyclic) bond motifs is 2. The molecular weight excluding hydrogens is 202 g/mol. The summed E-state index contributed by atoms with van der Waals surface area (Å²) in [7, 11) is 0. The van der Waals surface area contributed by atoms with Gasteiger partial charge >= 0.3 is 0 Å². The van der Waals surface area contributed by atoms with E-state index in [1.54, 1.807) is 0 Å². The molecule has 1 aromatic rings. The van der Waals surface area contributed by atoms with Crippen molar-refractivity contribution in [2.24, 2.45) is 17.8 Å². The van der Waals surface area contributed by atoms with E-state index in [1.165, 1.54) is 25.7 Å². The number of nitrogens with one attached hydrogen (secondary N) is 1. The van der Waals surface area contributed by atoms with Crippen LogP contribution in [-0.4, -0.2) is 16.7 Å². The van der Waals surface area contributed by atoms with Crippen LogP contribution in [0.2, 0.25) is 0 Å². The quantitative estimate of drug-likeness (QED) is 0.843. The lowest BCUT2D eigenvalue weighted by Crippen LogP contribution is -2.26. The molecule has 4 nitrogen and oxygen atoms in total. The van der Waals surface area contributed by atoms with Crippen LogP contribution in [-0.2, 0) is 6.54 Å². The van der Waals surface area contributed by atoms with Crippen LogP contribution in [0.1, 0.15) is 37.4 Å². The Morgan fingerprint density at radius 3 is 2.94 bits per heavy atom. The molecule has 0 aliphatic heterocycles. The van der Waals surface area contributed by atoms with Crippen molar-refractivity contribution in [3.05, 3.63) is 11.7 Å². The van der Waals surface area contributed by atoms with Gasteiger partial charge in [-0.15, -0.1) is 0 Å². The van der Waals surface area contributed by atoms with E-state index in [-0.39, 0.29) is 0 Å². The Morgan fingerprint density at radius 2 is 2.31 bits per heavy atom. The molecule has 3 unspecified atom stereocenters. The standard InChI is InChI=1S/C12H19N3O/c1-8-14-12(15-16-8)7-13-6-11-5-9-2-3-10(11)4-9/h9-11,13H,2-7H2,1H3.